The lowest BCUT2D eigenvalue weighted by Gasteiger charge is -2.26. The van der Waals surface area contributed by atoms with Gasteiger partial charge >= 0.3 is 0 Å². The van der Waals surface area contributed by atoms with Gasteiger partial charge < -0.3 is 10.1 Å². The second kappa shape index (κ2) is 5.50. The number of halogens is 1. The molecule has 16 heavy (non-hydrogen) atoms. The largest absolute Gasteiger partial charge is 0.379 e. The number of rotatable bonds is 6. The molecule has 1 aliphatic carbocycles. The Kier molecular flexibility index (Phi) is 4.25. The Morgan fingerprint density at radius 3 is 2.81 bits per heavy atom. The minimum atomic E-state index is 0.245. The van der Waals surface area contributed by atoms with Crippen molar-refractivity contribution in [3.8, 4) is 0 Å². The highest BCUT2D eigenvalue weighted by molar-refractivity contribution is 7.10. The standard InChI is InChI=1S/C12H18ClNOS/c1-3-14-10(11(15-2)8-4-5-8)12-9(13)6-7-16-12/h6-8,10-11,14H,3-5H2,1-2H3. The van der Waals surface area contributed by atoms with Crippen molar-refractivity contribution in [1.29, 1.82) is 0 Å². The fraction of sp³-hybridized carbons (Fsp3) is 0.667. The summed E-state index contributed by atoms with van der Waals surface area (Å²) in [5.74, 6) is 0.701. The van der Waals surface area contributed by atoms with Crippen molar-refractivity contribution < 1.29 is 4.74 Å². The van der Waals surface area contributed by atoms with Crippen LogP contribution in [-0.4, -0.2) is 19.8 Å². The maximum Gasteiger partial charge on any atom is 0.0802 e. The Labute approximate surface area is 106 Å². The van der Waals surface area contributed by atoms with Crippen LogP contribution in [0, 0.1) is 5.92 Å². The Morgan fingerprint density at radius 2 is 2.38 bits per heavy atom. The van der Waals surface area contributed by atoms with Gasteiger partial charge in [0.05, 0.1) is 17.2 Å². The number of hydrogen-bond acceptors (Lipinski definition) is 3. The van der Waals surface area contributed by atoms with Gasteiger partial charge in [-0.3, -0.25) is 0 Å². The van der Waals surface area contributed by atoms with Crippen LogP contribution < -0.4 is 5.32 Å². The summed E-state index contributed by atoms with van der Waals surface area (Å²) in [6, 6.07) is 2.21. The maximum atomic E-state index is 6.21. The fourth-order valence-corrected chi connectivity index (χ4v) is 3.42. The van der Waals surface area contributed by atoms with Crippen LogP contribution in [0.2, 0.25) is 5.02 Å². The van der Waals surface area contributed by atoms with E-state index in [1.807, 2.05) is 11.4 Å². The first kappa shape index (κ1) is 12.4. The predicted molar refractivity (Wildman–Crippen MR) is 69.3 cm³/mol. The van der Waals surface area contributed by atoms with E-state index >= 15 is 0 Å². The third-order valence-electron chi connectivity index (χ3n) is 3.04. The van der Waals surface area contributed by atoms with E-state index in [1.54, 1.807) is 18.4 Å². The molecule has 0 spiro atoms. The third-order valence-corrected chi connectivity index (χ3v) is 4.48. The molecule has 0 aliphatic heterocycles. The van der Waals surface area contributed by atoms with Crippen LogP contribution in [0.4, 0.5) is 0 Å². The summed E-state index contributed by atoms with van der Waals surface area (Å²) >= 11 is 7.92. The molecule has 0 radical (unpaired) electrons. The molecule has 90 valence electrons. The number of nitrogens with one attached hydrogen (secondary N) is 1. The normalized spacial score (nSPS) is 19.7. The lowest BCUT2D eigenvalue weighted by Crippen LogP contribution is -2.34. The number of ether oxygens (including phenoxy) is 1. The summed E-state index contributed by atoms with van der Waals surface area (Å²) in [5.41, 5.74) is 0. The van der Waals surface area contributed by atoms with Gasteiger partial charge in [0.25, 0.3) is 0 Å². The van der Waals surface area contributed by atoms with E-state index in [9.17, 15) is 0 Å². The zero-order valence-corrected chi connectivity index (χ0v) is 11.3. The van der Waals surface area contributed by atoms with Gasteiger partial charge in [0.1, 0.15) is 0 Å². The highest BCUT2D eigenvalue weighted by atomic mass is 35.5. The quantitative estimate of drug-likeness (QED) is 0.845. The molecule has 0 saturated heterocycles. The Hall–Kier alpha value is -0.0900. The zero-order chi connectivity index (χ0) is 11.5. The van der Waals surface area contributed by atoms with E-state index < -0.39 is 0 Å². The topological polar surface area (TPSA) is 21.3 Å². The van der Waals surface area contributed by atoms with Gasteiger partial charge in [0.15, 0.2) is 0 Å². The van der Waals surface area contributed by atoms with Gasteiger partial charge in [0, 0.05) is 12.0 Å². The van der Waals surface area contributed by atoms with E-state index in [0.717, 1.165) is 11.6 Å². The molecule has 1 fully saturated rings. The molecule has 1 N–H and O–H groups in total. The second-order valence-electron chi connectivity index (χ2n) is 4.21. The van der Waals surface area contributed by atoms with E-state index in [0.29, 0.717) is 5.92 Å². The van der Waals surface area contributed by atoms with Gasteiger partial charge in [-0.1, -0.05) is 18.5 Å². The number of hydrogen-bond donors (Lipinski definition) is 1. The third kappa shape index (κ3) is 2.59. The molecule has 1 saturated carbocycles. The average molecular weight is 260 g/mol. The molecule has 0 bridgehead atoms. The maximum absolute atomic E-state index is 6.21. The molecular formula is C12H18ClNOS. The minimum absolute atomic E-state index is 0.245. The van der Waals surface area contributed by atoms with Gasteiger partial charge in [0.2, 0.25) is 0 Å². The lowest BCUT2D eigenvalue weighted by atomic mass is 10.0. The summed E-state index contributed by atoms with van der Waals surface area (Å²) in [6.07, 6.45) is 2.82. The van der Waals surface area contributed by atoms with Crippen molar-refractivity contribution in [2.75, 3.05) is 13.7 Å². The average Bonchev–Trinajstić information content (AvgIpc) is 3.01. The SMILES string of the molecule is CCNC(c1sccc1Cl)C(OC)C1CC1. The van der Waals surface area contributed by atoms with E-state index in [2.05, 4.69) is 12.2 Å². The molecule has 2 nitrogen and oxygen atoms in total. The van der Waals surface area contributed by atoms with E-state index in [1.165, 1.54) is 17.7 Å². The van der Waals surface area contributed by atoms with E-state index in [4.69, 9.17) is 16.3 Å². The highest BCUT2D eigenvalue weighted by Gasteiger charge is 2.38. The first-order chi connectivity index (χ1) is 7.77. The molecule has 4 heteroatoms. The molecule has 2 atom stereocenters. The molecular weight excluding hydrogens is 242 g/mol. The van der Waals surface area contributed by atoms with Crippen molar-refractivity contribution in [2.24, 2.45) is 5.92 Å². The van der Waals surface area contributed by atoms with Crippen molar-refractivity contribution in [3.63, 3.8) is 0 Å². The Bertz CT molecular complexity index is 338. The van der Waals surface area contributed by atoms with Gasteiger partial charge in [-0.25, -0.2) is 0 Å². The van der Waals surface area contributed by atoms with Crippen molar-refractivity contribution >= 4 is 22.9 Å². The minimum Gasteiger partial charge on any atom is -0.379 e. The first-order valence-electron chi connectivity index (χ1n) is 5.77. The summed E-state index contributed by atoms with van der Waals surface area (Å²) < 4.78 is 5.65. The van der Waals surface area contributed by atoms with Crippen LogP contribution >= 0.6 is 22.9 Å². The predicted octanol–water partition coefficient (Wildman–Crippen LogP) is 3.48. The lowest BCUT2D eigenvalue weighted by molar-refractivity contribution is 0.0522. The second-order valence-corrected chi connectivity index (χ2v) is 5.56. The Morgan fingerprint density at radius 1 is 1.62 bits per heavy atom. The first-order valence-corrected chi connectivity index (χ1v) is 7.02. The van der Waals surface area contributed by atoms with Crippen molar-refractivity contribution in [1.82, 2.24) is 5.32 Å². The summed E-state index contributed by atoms with van der Waals surface area (Å²) in [6.45, 7) is 3.06. The smallest absolute Gasteiger partial charge is 0.0802 e. The molecule has 0 aromatic carbocycles. The summed E-state index contributed by atoms with van der Waals surface area (Å²) in [5, 5.41) is 6.40. The van der Waals surface area contributed by atoms with Crippen molar-refractivity contribution in [2.45, 2.75) is 31.9 Å². The van der Waals surface area contributed by atoms with Crippen LogP contribution in [0.15, 0.2) is 11.4 Å². The van der Waals surface area contributed by atoms with Gasteiger partial charge in [-0.2, -0.15) is 0 Å². The molecule has 1 aromatic rings. The van der Waals surface area contributed by atoms with Crippen LogP contribution in [0.5, 0.6) is 0 Å². The number of methoxy groups -OCH3 is 1. The summed E-state index contributed by atoms with van der Waals surface area (Å²) in [4.78, 5) is 1.21. The number of thiophene rings is 1. The fourth-order valence-electron chi connectivity index (χ4n) is 2.13. The molecule has 2 unspecified atom stereocenters. The van der Waals surface area contributed by atoms with Crippen LogP contribution in [-0.2, 0) is 4.74 Å². The van der Waals surface area contributed by atoms with E-state index in [-0.39, 0.29) is 12.1 Å². The van der Waals surface area contributed by atoms with Crippen LogP contribution in [0.1, 0.15) is 30.7 Å². The Balaban J connectivity index is 2.18. The number of likely N-dealkylation sites (N-methyl/N-ethyl adjacent to an activating group) is 1. The van der Waals surface area contributed by atoms with Crippen LogP contribution in [0.3, 0.4) is 0 Å². The van der Waals surface area contributed by atoms with Gasteiger partial charge in [-0.05, 0) is 36.8 Å². The highest BCUT2D eigenvalue weighted by Crippen LogP contribution is 2.42. The monoisotopic (exact) mass is 259 g/mol. The molecule has 1 aromatic heterocycles. The molecule has 2 rings (SSSR count). The molecule has 1 heterocycles. The summed E-state index contributed by atoms with van der Waals surface area (Å²) in [7, 11) is 1.80. The zero-order valence-electron chi connectivity index (χ0n) is 9.70. The van der Waals surface area contributed by atoms with Crippen molar-refractivity contribution in [3.05, 3.63) is 21.3 Å². The molecule has 0 amide bonds. The molecule has 1 aliphatic rings. The van der Waals surface area contributed by atoms with Crippen LogP contribution in [0.25, 0.3) is 0 Å². The van der Waals surface area contributed by atoms with Gasteiger partial charge in [-0.15, -0.1) is 11.3 Å².